The van der Waals surface area contributed by atoms with Crippen molar-refractivity contribution in [1.29, 1.82) is 0 Å². The van der Waals surface area contributed by atoms with Gasteiger partial charge in [-0.2, -0.15) is 0 Å². The fourth-order valence-electron chi connectivity index (χ4n) is 1.73. The Morgan fingerprint density at radius 2 is 2.09 bits per heavy atom. The first-order valence-corrected chi connectivity index (χ1v) is 8.45. The third-order valence-electron chi connectivity index (χ3n) is 2.74. The van der Waals surface area contributed by atoms with Crippen molar-refractivity contribution in [3.05, 3.63) is 56.6 Å². The highest BCUT2D eigenvalue weighted by atomic mass is 35.5. The summed E-state index contributed by atoms with van der Waals surface area (Å²) in [5, 5.41) is 19.6. The van der Waals surface area contributed by atoms with Crippen molar-refractivity contribution in [3.8, 4) is 11.5 Å². The van der Waals surface area contributed by atoms with Gasteiger partial charge in [0.05, 0.1) is 10.6 Å². The lowest BCUT2D eigenvalue weighted by molar-refractivity contribution is -0.131. The summed E-state index contributed by atoms with van der Waals surface area (Å²) < 4.78 is 5.51. The fraction of sp³-hybridized carbons (Fsp3) is 0. The van der Waals surface area contributed by atoms with Gasteiger partial charge in [0.1, 0.15) is 4.91 Å². The minimum atomic E-state index is -1.05. The van der Waals surface area contributed by atoms with E-state index in [4.69, 9.17) is 16.0 Å². The van der Waals surface area contributed by atoms with E-state index in [0.29, 0.717) is 10.6 Å². The van der Waals surface area contributed by atoms with Gasteiger partial charge in [-0.1, -0.05) is 29.8 Å². The Hall–Kier alpha value is -2.09. The molecule has 2 aromatic heterocycles. The van der Waals surface area contributed by atoms with Crippen LogP contribution < -0.4 is 0 Å². The van der Waals surface area contributed by atoms with Crippen molar-refractivity contribution in [3.63, 3.8) is 0 Å². The second-order valence-corrected chi connectivity index (χ2v) is 6.66. The van der Waals surface area contributed by atoms with E-state index in [0.717, 1.165) is 16.6 Å². The number of hydrogen-bond acceptors (Lipinski definition) is 6. The lowest BCUT2D eigenvalue weighted by Crippen LogP contribution is -1.96. The number of carbonyl (C=O) groups is 1. The Labute approximate surface area is 144 Å². The summed E-state index contributed by atoms with van der Waals surface area (Å²) in [6.45, 7) is 0. The molecule has 0 aliphatic rings. The van der Waals surface area contributed by atoms with Gasteiger partial charge in [-0.3, -0.25) is 0 Å². The van der Waals surface area contributed by atoms with E-state index < -0.39 is 5.97 Å². The zero-order valence-corrected chi connectivity index (χ0v) is 13.9. The van der Waals surface area contributed by atoms with Gasteiger partial charge in [-0.05, 0) is 41.4 Å². The van der Waals surface area contributed by atoms with Crippen molar-refractivity contribution in [1.82, 2.24) is 10.2 Å². The van der Waals surface area contributed by atoms with Crippen LogP contribution in [-0.2, 0) is 4.79 Å². The van der Waals surface area contributed by atoms with Crippen molar-refractivity contribution in [2.45, 2.75) is 5.22 Å². The van der Waals surface area contributed by atoms with Gasteiger partial charge in [0.2, 0.25) is 5.89 Å². The van der Waals surface area contributed by atoms with Crippen LogP contribution in [0.4, 0.5) is 0 Å². The van der Waals surface area contributed by atoms with Gasteiger partial charge in [0, 0.05) is 4.88 Å². The van der Waals surface area contributed by atoms with Crippen LogP contribution in [0.25, 0.3) is 17.5 Å². The average Bonchev–Trinajstić information content (AvgIpc) is 3.19. The zero-order valence-electron chi connectivity index (χ0n) is 11.5. The van der Waals surface area contributed by atoms with Crippen molar-refractivity contribution < 1.29 is 14.3 Å². The minimum Gasteiger partial charge on any atom is -0.477 e. The molecule has 0 aliphatic carbocycles. The summed E-state index contributed by atoms with van der Waals surface area (Å²) >= 11 is 8.43. The second-order valence-electron chi connectivity index (χ2n) is 4.28. The third kappa shape index (κ3) is 3.82. The molecule has 0 saturated carbocycles. The lowest BCUT2D eigenvalue weighted by atomic mass is 10.2. The molecule has 116 valence electrons. The molecule has 1 aromatic carbocycles. The molecule has 23 heavy (non-hydrogen) atoms. The first-order valence-electron chi connectivity index (χ1n) is 6.38. The number of aliphatic carboxylic acids is 1. The molecule has 0 unspecified atom stereocenters. The van der Waals surface area contributed by atoms with Crippen LogP contribution in [0.15, 0.2) is 56.3 Å². The number of halogens is 1. The van der Waals surface area contributed by atoms with E-state index in [1.165, 1.54) is 11.3 Å². The number of thiophene rings is 1. The number of thioether (sulfide) groups is 1. The molecule has 3 aromatic rings. The van der Waals surface area contributed by atoms with Gasteiger partial charge in [-0.25, -0.2) is 4.79 Å². The molecule has 0 bridgehead atoms. The number of carboxylic acids is 1. The van der Waals surface area contributed by atoms with E-state index in [2.05, 4.69) is 10.2 Å². The Balaban J connectivity index is 1.85. The van der Waals surface area contributed by atoms with Crippen LogP contribution in [0, 0.1) is 0 Å². The van der Waals surface area contributed by atoms with E-state index in [-0.39, 0.29) is 16.0 Å². The summed E-state index contributed by atoms with van der Waals surface area (Å²) in [6.07, 6.45) is 1.57. The summed E-state index contributed by atoms with van der Waals surface area (Å²) in [7, 11) is 0. The van der Waals surface area contributed by atoms with Crippen LogP contribution in [0.5, 0.6) is 0 Å². The highest BCUT2D eigenvalue weighted by Crippen LogP contribution is 2.32. The van der Waals surface area contributed by atoms with Crippen LogP contribution >= 0.6 is 34.7 Å². The molecule has 0 atom stereocenters. The molecule has 3 rings (SSSR count). The highest BCUT2D eigenvalue weighted by Gasteiger charge is 2.17. The van der Waals surface area contributed by atoms with Gasteiger partial charge in [0.25, 0.3) is 5.22 Å². The minimum absolute atomic E-state index is 0.0989. The standard InChI is InChI=1S/C15H9ClN2O3S2/c16-11-6-2-1-5-10(11)13-17-18-15(21-13)23-12(14(19)20)8-9-4-3-7-22-9/h1-8H,(H,19,20)/b12-8+. The Bertz CT molecular complexity index is 859. The first kappa shape index (κ1) is 15.8. The molecule has 8 heteroatoms. The zero-order chi connectivity index (χ0) is 16.2. The van der Waals surface area contributed by atoms with Gasteiger partial charge in [0.15, 0.2) is 0 Å². The molecular formula is C15H9ClN2O3S2. The van der Waals surface area contributed by atoms with Crippen LogP contribution in [0.2, 0.25) is 5.02 Å². The average molecular weight is 365 g/mol. The predicted octanol–water partition coefficient (Wildman–Crippen LogP) is 4.67. The number of aromatic nitrogens is 2. The van der Waals surface area contributed by atoms with Gasteiger partial charge in [-0.15, -0.1) is 21.5 Å². The fourth-order valence-corrected chi connectivity index (χ4v) is 3.34. The Morgan fingerprint density at radius 1 is 1.26 bits per heavy atom. The second kappa shape index (κ2) is 6.99. The lowest BCUT2D eigenvalue weighted by Gasteiger charge is -1.98. The molecule has 0 aliphatic heterocycles. The monoisotopic (exact) mass is 364 g/mol. The SMILES string of the molecule is O=C(O)/C(=C\c1cccs1)Sc1nnc(-c2ccccc2Cl)o1. The maximum atomic E-state index is 11.4. The van der Waals surface area contributed by atoms with Gasteiger partial charge >= 0.3 is 5.97 Å². The molecule has 0 amide bonds. The van der Waals surface area contributed by atoms with Crippen molar-refractivity contribution >= 4 is 46.7 Å². The molecule has 0 saturated heterocycles. The number of carboxylic acid groups (broad SMARTS) is 1. The van der Waals surface area contributed by atoms with Crippen LogP contribution in [-0.4, -0.2) is 21.3 Å². The van der Waals surface area contributed by atoms with Crippen LogP contribution in [0.1, 0.15) is 4.88 Å². The number of hydrogen-bond donors (Lipinski definition) is 1. The number of nitrogens with zero attached hydrogens (tertiary/aromatic N) is 2. The predicted molar refractivity (Wildman–Crippen MR) is 90.5 cm³/mol. The summed E-state index contributed by atoms with van der Waals surface area (Å²) in [5.74, 6) is -0.806. The Morgan fingerprint density at radius 3 is 2.78 bits per heavy atom. The highest BCUT2D eigenvalue weighted by molar-refractivity contribution is 8.03. The quantitative estimate of drug-likeness (QED) is 0.523. The number of benzene rings is 1. The maximum Gasteiger partial charge on any atom is 0.342 e. The topological polar surface area (TPSA) is 76.2 Å². The van der Waals surface area contributed by atoms with Crippen molar-refractivity contribution in [2.24, 2.45) is 0 Å². The summed E-state index contributed by atoms with van der Waals surface area (Å²) in [4.78, 5) is 12.3. The van der Waals surface area contributed by atoms with E-state index in [1.807, 2.05) is 17.5 Å². The molecular weight excluding hydrogens is 356 g/mol. The van der Waals surface area contributed by atoms with E-state index >= 15 is 0 Å². The van der Waals surface area contributed by atoms with E-state index in [1.54, 1.807) is 30.3 Å². The first-order chi connectivity index (χ1) is 11.1. The molecule has 0 radical (unpaired) electrons. The third-order valence-corrected chi connectivity index (χ3v) is 4.74. The van der Waals surface area contributed by atoms with E-state index in [9.17, 15) is 9.90 Å². The molecule has 2 heterocycles. The smallest absolute Gasteiger partial charge is 0.342 e. The summed E-state index contributed by atoms with van der Waals surface area (Å²) in [5.41, 5.74) is 0.604. The van der Waals surface area contributed by atoms with Crippen molar-refractivity contribution in [2.75, 3.05) is 0 Å². The molecule has 0 fully saturated rings. The van der Waals surface area contributed by atoms with Crippen LogP contribution in [0.3, 0.4) is 0 Å². The molecule has 1 N–H and O–H groups in total. The van der Waals surface area contributed by atoms with Gasteiger partial charge < -0.3 is 9.52 Å². The molecule has 0 spiro atoms. The normalized spacial score (nSPS) is 11.6. The largest absolute Gasteiger partial charge is 0.477 e. The summed E-state index contributed by atoms with van der Waals surface area (Å²) in [6, 6.07) is 10.7. The Kier molecular flexibility index (Phi) is 4.80. The molecule has 5 nitrogen and oxygen atoms in total. The number of rotatable bonds is 5. The maximum absolute atomic E-state index is 11.4.